The summed E-state index contributed by atoms with van der Waals surface area (Å²) in [6.45, 7) is 13.9. The van der Waals surface area contributed by atoms with Gasteiger partial charge in [0, 0.05) is 12.6 Å². The molecule has 2 fully saturated rings. The van der Waals surface area contributed by atoms with Crippen LogP contribution in [0.4, 0.5) is 5.95 Å². The second kappa shape index (κ2) is 12.7. The van der Waals surface area contributed by atoms with Crippen LogP contribution in [-0.2, 0) is 9.16 Å². The molecule has 0 N–H and O–H groups in total. The van der Waals surface area contributed by atoms with Crippen LogP contribution in [0.1, 0.15) is 53.3 Å². The Balaban J connectivity index is 1.50. The van der Waals surface area contributed by atoms with Gasteiger partial charge in [0.05, 0.1) is 25.4 Å². The van der Waals surface area contributed by atoms with E-state index in [0.717, 1.165) is 19.4 Å². The average Bonchev–Trinajstić information content (AvgIpc) is 3.33. The summed E-state index contributed by atoms with van der Waals surface area (Å²) < 4.78 is 20.0. The lowest BCUT2D eigenvalue weighted by molar-refractivity contribution is -0.000403. The first-order valence-corrected chi connectivity index (χ1v) is 17.1. The topological polar surface area (TPSA) is 96.6 Å². The summed E-state index contributed by atoms with van der Waals surface area (Å²) in [6.07, 6.45) is 2.08. The Morgan fingerprint density at radius 3 is 2.23 bits per heavy atom. The average molecular weight is 601 g/mol. The van der Waals surface area contributed by atoms with Gasteiger partial charge in [-0.2, -0.15) is 20.2 Å². The second-order valence-corrected chi connectivity index (χ2v) is 17.3. The van der Waals surface area contributed by atoms with Gasteiger partial charge >= 0.3 is 6.01 Å². The van der Waals surface area contributed by atoms with Gasteiger partial charge < -0.3 is 18.8 Å². The lowest BCUT2D eigenvalue weighted by Gasteiger charge is -2.48. The Hall–Kier alpha value is -3.36. The molecule has 0 saturated carbocycles. The van der Waals surface area contributed by atoms with Crippen LogP contribution in [0.5, 0.6) is 6.01 Å². The third-order valence-electron chi connectivity index (χ3n) is 8.65. The van der Waals surface area contributed by atoms with E-state index >= 15 is 0 Å². The number of nitrogens with zero attached hydrogens (tertiary/aromatic N) is 6. The Morgan fingerprint density at radius 1 is 1.02 bits per heavy atom. The molecule has 0 amide bonds. The van der Waals surface area contributed by atoms with Gasteiger partial charge in [0.15, 0.2) is 0 Å². The second-order valence-electron chi connectivity index (χ2n) is 13.1. The van der Waals surface area contributed by atoms with Crippen LogP contribution in [0.25, 0.3) is 0 Å². The van der Waals surface area contributed by atoms with Crippen molar-refractivity contribution in [1.29, 1.82) is 5.26 Å². The van der Waals surface area contributed by atoms with Crippen LogP contribution >= 0.6 is 0 Å². The molecule has 2 aliphatic rings. The molecule has 3 atom stereocenters. The summed E-state index contributed by atoms with van der Waals surface area (Å²) >= 11 is 0. The van der Waals surface area contributed by atoms with E-state index in [1.54, 1.807) is 0 Å². The van der Waals surface area contributed by atoms with E-state index in [-0.39, 0.29) is 29.0 Å². The first kappa shape index (κ1) is 31.1. The maximum atomic E-state index is 9.80. The SMILES string of the molecule is C[C@H](Oc1nc(C#N)nc(N2CCOCC(C)(O[Si](c3ccccc3)(c3ccccc3)C(C)(C)C)C2)n1)[C@@H]1CCCN1C. The molecule has 5 rings (SSSR count). The van der Waals surface area contributed by atoms with E-state index in [1.165, 1.54) is 10.4 Å². The maximum Gasteiger partial charge on any atom is 0.322 e. The predicted octanol–water partition coefficient (Wildman–Crippen LogP) is 3.78. The van der Waals surface area contributed by atoms with E-state index in [4.69, 9.17) is 18.9 Å². The third kappa shape index (κ3) is 6.60. The molecule has 3 heterocycles. The Morgan fingerprint density at radius 2 is 1.67 bits per heavy atom. The van der Waals surface area contributed by atoms with Crippen molar-refractivity contribution in [2.45, 2.75) is 70.2 Å². The molecule has 3 aromatic rings. The van der Waals surface area contributed by atoms with Crippen LogP contribution in [0.15, 0.2) is 60.7 Å². The van der Waals surface area contributed by atoms with Crippen molar-refractivity contribution in [2.75, 3.05) is 44.8 Å². The van der Waals surface area contributed by atoms with Crippen molar-refractivity contribution < 1.29 is 13.9 Å². The highest BCUT2D eigenvalue weighted by Gasteiger charge is 2.54. The summed E-state index contributed by atoms with van der Waals surface area (Å²) in [5.74, 6) is 0.433. The molecule has 2 aliphatic heterocycles. The smallest absolute Gasteiger partial charge is 0.322 e. The lowest BCUT2D eigenvalue weighted by Crippen LogP contribution is -2.70. The van der Waals surface area contributed by atoms with Crippen molar-refractivity contribution in [3.8, 4) is 12.1 Å². The van der Waals surface area contributed by atoms with E-state index < -0.39 is 13.9 Å². The Bertz CT molecular complexity index is 1370. The zero-order valence-corrected chi connectivity index (χ0v) is 27.3. The van der Waals surface area contributed by atoms with E-state index in [9.17, 15) is 5.26 Å². The molecule has 43 heavy (non-hydrogen) atoms. The van der Waals surface area contributed by atoms with Gasteiger partial charge in [-0.3, -0.25) is 4.90 Å². The molecular formula is C33H44N6O3Si. The minimum atomic E-state index is -2.88. The third-order valence-corrected chi connectivity index (χ3v) is 13.9. The standard InChI is InChI=1S/C33H44N6O3Si/c1-25(28-18-13-19-38(28)6)41-31-36-29(22-34)35-30(37-31)39-20-21-40-24-33(5,23-39)42-43(32(2,3)4,26-14-9-7-10-15-26)27-16-11-8-12-17-27/h7-12,14-17,25,28H,13,18-21,23-24H2,1-6H3/t25-,28-,33?/m0/s1. The number of rotatable bonds is 8. The number of ether oxygens (including phenoxy) is 2. The fourth-order valence-electron chi connectivity index (χ4n) is 6.61. The highest BCUT2D eigenvalue weighted by atomic mass is 28.4. The van der Waals surface area contributed by atoms with E-state index in [1.807, 2.05) is 24.0 Å². The molecule has 2 saturated heterocycles. The molecule has 0 aliphatic carbocycles. The maximum absolute atomic E-state index is 9.80. The Labute approximate surface area is 257 Å². The van der Waals surface area contributed by atoms with Crippen LogP contribution in [0, 0.1) is 11.3 Å². The van der Waals surface area contributed by atoms with Crippen molar-refractivity contribution in [3.05, 3.63) is 66.5 Å². The molecule has 228 valence electrons. The molecule has 0 radical (unpaired) electrons. The molecule has 0 bridgehead atoms. The van der Waals surface area contributed by atoms with Crippen LogP contribution < -0.4 is 20.0 Å². The molecule has 9 nitrogen and oxygen atoms in total. The zero-order chi connectivity index (χ0) is 30.7. The summed E-state index contributed by atoms with van der Waals surface area (Å²) in [4.78, 5) is 17.9. The molecule has 1 unspecified atom stereocenters. The van der Waals surface area contributed by atoms with E-state index in [0.29, 0.717) is 32.3 Å². The van der Waals surface area contributed by atoms with Crippen LogP contribution in [0.2, 0.25) is 5.04 Å². The van der Waals surface area contributed by atoms with Crippen LogP contribution in [-0.4, -0.2) is 85.8 Å². The minimum Gasteiger partial charge on any atom is -0.459 e. The molecule has 2 aromatic carbocycles. The largest absolute Gasteiger partial charge is 0.459 e. The van der Waals surface area contributed by atoms with Crippen LogP contribution in [0.3, 0.4) is 0 Å². The summed E-state index contributed by atoms with van der Waals surface area (Å²) in [7, 11) is -0.764. The van der Waals surface area contributed by atoms with Gasteiger partial charge in [0.1, 0.15) is 12.2 Å². The van der Waals surface area contributed by atoms with Crippen molar-refractivity contribution in [1.82, 2.24) is 19.9 Å². The number of hydrogen-bond acceptors (Lipinski definition) is 9. The fourth-order valence-corrected chi connectivity index (χ4v) is 11.4. The van der Waals surface area contributed by atoms with Crippen molar-refractivity contribution in [2.24, 2.45) is 0 Å². The van der Waals surface area contributed by atoms with Gasteiger partial charge in [-0.15, -0.1) is 0 Å². The molecule has 1 aromatic heterocycles. The Kier molecular flexibility index (Phi) is 9.18. The lowest BCUT2D eigenvalue weighted by atomic mass is 10.1. The number of benzene rings is 2. The van der Waals surface area contributed by atoms with Gasteiger partial charge in [-0.25, -0.2) is 0 Å². The molecule has 0 spiro atoms. The quantitative estimate of drug-likeness (QED) is 0.358. The van der Waals surface area contributed by atoms with Gasteiger partial charge in [0.25, 0.3) is 8.32 Å². The van der Waals surface area contributed by atoms with Gasteiger partial charge in [0.2, 0.25) is 11.8 Å². The molecular weight excluding hydrogens is 556 g/mol. The first-order chi connectivity index (χ1) is 20.5. The van der Waals surface area contributed by atoms with Gasteiger partial charge in [-0.05, 0) is 55.7 Å². The number of nitriles is 1. The number of hydrogen-bond donors (Lipinski definition) is 0. The number of aromatic nitrogens is 3. The number of likely N-dealkylation sites (N-methyl/N-ethyl adjacent to an activating group) is 1. The number of likely N-dealkylation sites (tertiary alicyclic amines) is 1. The molecule has 10 heteroatoms. The van der Waals surface area contributed by atoms with Gasteiger partial charge in [-0.1, -0.05) is 81.4 Å². The zero-order valence-electron chi connectivity index (χ0n) is 26.3. The summed E-state index contributed by atoms with van der Waals surface area (Å²) in [5.41, 5.74) is -0.706. The summed E-state index contributed by atoms with van der Waals surface area (Å²) in [5, 5.41) is 12.0. The minimum absolute atomic E-state index is 0.0340. The number of anilines is 1. The highest BCUT2D eigenvalue weighted by molar-refractivity contribution is 6.99. The highest BCUT2D eigenvalue weighted by Crippen LogP contribution is 2.40. The first-order valence-electron chi connectivity index (χ1n) is 15.2. The predicted molar refractivity (Wildman–Crippen MR) is 170 cm³/mol. The van der Waals surface area contributed by atoms with E-state index in [2.05, 4.69) is 104 Å². The summed E-state index contributed by atoms with van der Waals surface area (Å²) in [6, 6.07) is 23.8. The monoisotopic (exact) mass is 600 g/mol. The fraction of sp³-hybridized carbons (Fsp3) is 0.515. The van der Waals surface area contributed by atoms with Crippen molar-refractivity contribution in [3.63, 3.8) is 0 Å². The normalized spacial score (nSPS) is 22.5. The van der Waals surface area contributed by atoms with Crippen molar-refractivity contribution >= 4 is 24.6 Å².